The maximum atomic E-state index is 13.8. The number of hydrogen-bond acceptors (Lipinski definition) is 12. The zero-order valence-corrected chi connectivity index (χ0v) is 26.7. The van der Waals surface area contributed by atoms with E-state index in [1.807, 2.05) is 6.92 Å². The third-order valence-electron chi connectivity index (χ3n) is 13.3. The number of aliphatic hydroxyl groups is 4. The van der Waals surface area contributed by atoms with Crippen molar-refractivity contribution in [1.29, 1.82) is 0 Å². The van der Waals surface area contributed by atoms with Crippen molar-refractivity contribution in [3.8, 4) is 0 Å². The van der Waals surface area contributed by atoms with Gasteiger partial charge in [-0.05, 0) is 18.7 Å². The number of nitrogens with zero attached hydrogens (tertiary/aromatic N) is 1. The fourth-order valence-corrected chi connectivity index (χ4v) is 12.3. The normalized spacial score (nSPS) is 52.6. The summed E-state index contributed by atoms with van der Waals surface area (Å²) in [5.41, 5.74) is -5.50. The number of rotatable bonds is 9. The number of ether oxygens (including phenoxy) is 6. The lowest BCUT2D eigenvalue weighted by atomic mass is 9.40. The van der Waals surface area contributed by atoms with E-state index in [1.54, 1.807) is 51.7 Å². The smallest absolute Gasteiger partial charge is 0.338 e. The van der Waals surface area contributed by atoms with E-state index in [2.05, 4.69) is 4.90 Å². The average Bonchev–Trinajstić information content (AvgIpc) is 3.38. The van der Waals surface area contributed by atoms with Crippen LogP contribution in [0.4, 0.5) is 0 Å². The van der Waals surface area contributed by atoms with E-state index >= 15 is 0 Å². The molecule has 1 aliphatic heterocycles. The largest absolute Gasteiger partial charge is 0.458 e. The van der Waals surface area contributed by atoms with Crippen LogP contribution in [0.2, 0.25) is 0 Å². The van der Waals surface area contributed by atoms with Gasteiger partial charge in [-0.2, -0.15) is 0 Å². The Morgan fingerprint density at radius 1 is 0.933 bits per heavy atom. The van der Waals surface area contributed by atoms with Gasteiger partial charge in [-0.1, -0.05) is 25.1 Å². The minimum absolute atomic E-state index is 0.169. The summed E-state index contributed by atoms with van der Waals surface area (Å²) in [6, 6.07) is 8.04. The van der Waals surface area contributed by atoms with Crippen molar-refractivity contribution in [3.05, 3.63) is 35.9 Å². The molecule has 16 atom stereocenters. The van der Waals surface area contributed by atoms with Crippen molar-refractivity contribution in [2.45, 2.75) is 73.3 Å². The van der Waals surface area contributed by atoms with Crippen molar-refractivity contribution in [1.82, 2.24) is 4.90 Å². The Kier molecular flexibility index (Phi) is 7.54. The van der Waals surface area contributed by atoms with Crippen LogP contribution in [0.3, 0.4) is 0 Å². The van der Waals surface area contributed by atoms with Crippen molar-refractivity contribution in [2.24, 2.45) is 34.5 Å². The van der Waals surface area contributed by atoms with E-state index < -0.39 is 100 Å². The van der Waals surface area contributed by atoms with Crippen LogP contribution in [0.15, 0.2) is 30.3 Å². The number of carbonyl (C=O) groups is 1. The van der Waals surface area contributed by atoms with Gasteiger partial charge in [-0.3, -0.25) is 4.90 Å². The van der Waals surface area contributed by atoms with Crippen LogP contribution in [0, 0.1) is 34.5 Å². The topological polar surface area (TPSA) is 157 Å². The number of carbonyl (C=O) groups excluding carboxylic acids is 1. The minimum Gasteiger partial charge on any atom is -0.458 e. The second kappa shape index (κ2) is 10.6. The number of fused-ring (bicyclic) bond motifs is 2. The third kappa shape index (κ3) is 3.34. The van der Waals surface area contributed by atoms with E-state index in [9.17, 15) is 25.2 Å². The molecule has 7 bridgehead atoms. The van der Waals surface area contributed by atoms with E-state index in [4.69, 9.17) is 28.4 Å². The second-order valence-corrected chi connectivity index (χ2v) is 14.1. The monoisotopic (exact) mass is 633 g/mol. The van der Waals surface area contributed by atoms with E-state index in [-0.39, 0.29) is 13.0 Å². The molecule has 0 radical (unpaired) electrons. The van der Waals surface area contributed by atoms with Crippen LogP contribution in [0.5, 0.6) is 0 Å². The van der Waals surface area contributed by atoms with Gasteiger partial charge in [0.05, 0.1) is 59.9 Å². The first-order valence-electron chi connectivity index (χ1n) is 16.0. The molecule has 5 aliphatic carbocycles. The summed E-state index contributed by atoms with van der Waals surface area (Å²) in [5.74, 6) is -3.92. The lowest BCUT2D eigenvalue weighted by Gasteiger charge is -2.72. The molecule has 12 nitrogen and oxygen atoms in total. The number of benzene rings is 1. The SMILES string of the molecule is CCN1C[C@]2(COC)C(O)C[C@H](OC)[C@@]34[C@@H]2[C@@H](OC)[C@@H]([C@@H]13)[C@]1(OC)[C@H]2[C@@H](OC(=O)c3ccccc3)[C@@H]([C@@H](OC)[C@@H]1O)[C@H](O)[C@]24O. The fraction of sp³-hybridized carbons (Fsp3) is 0.788. The van der Waals surface area contributed by atoms with E-state index in [0.717, 1.165) is 0 Å². The molecule has 1 aromatic carbocycles. The summed E-state index contributed by atoms with van der Waals surface area (Å²) in [4.78, 5) is 15.9. The van der Waals surface area contributed by atoms with Gasteiger partial charge >= 0.3 is 5.97 Å². The molecule has 1 spiro atoms. The van der Waals surface area contributed by atoms with Crippen LogP contribution in [0.25, 0.3) is 0 Å². The molecule has 7 rings (SSSR count). The quantitative estimate of drug-likeness (QED) is 0.264. The highest BCUT2D eigenvalue weighted by atomic mass is 16.6. The van der Waals surface area contributed by atoms with Gasteiger partial charge in [-0.25, -0.2) is 4.79 Å². The molecule has 12 heteroatoms. The maximum Gasteiger partial charge on any atom is 0.338 e. The summed E-state index contributed by atoms with van der Waals surface area (Å²) >= 11 is 0. The predicted molar refractivity (Wildman–Crippen MR) is 157 cm³/mol. The molecule has 45 heavy (non-hydrogen) atoms. The highest BCUT2D eigenvalue weighted by molar-refractivity contribution is 5.89. The van der Waals surface area contributed by atoms with Gasteiger partial charge in [0, 0.05) is 71.8 Å². The Balaban J connectivity index is 1.54. The number of aliphatic hydroxyl groups excluding tert-OH is 3. The van der Waals surface area contributed by atoms with Crippen LogP contribution in [-0.2, 0) is 28.4 Å². The molecule has 250 valence electrons. The number of esters is 1. The second-order valence-electron chi connectivity index (χ2n) is 14.1. The summed E-state index contributed by atoms with van der Waals surface area (Å²) in [7, 11) is 7.67. The molecule has 4 N–H and O–H groups in total. The van der Waals surface area contributed by atoms with Crippen molar-refractivity contribution in [3.63, 3.8) is 0 Å². The Morgan fingerprint density at radius 3 is 2.20 bits per heavy atom. The molecular weight excluding hydrogens is 586 g/mol. The number of hydrogen-bond donors (Lipinski definition) is 4. The predicted octanol–water partition coefficient (Wildman–Crippen LogP) is -0.298. The van der Waals surface area contributed by atoms with Gasteiger partial charge < -0.3 is 48.8 Å². The molecule has 1 unspecified atom stereocenters. The zero-order chi connectivity index (χ0) is 32.3. The molecule has 6 aliphatic rings. The summed E-state index contributed by atoms with van der Waals surface area (Å²) in [6.45, 7) is 3.16. The lowest BCUT2D eigenvalue weighted by Crippen LogP contribution is -2.86. The van der Waals surface area contributed by atoms with Crippen LogP contribution in [-0.4, -0.2) is 147 Å². The first-order chi connectivity index (χ1) is 21.6. The van der Waals surface area contributed by atoms with Gasteiger partial charge in [-0.15, -0.1) is 0 Å². The fourth-order valence-electron chi connectivity index (χ4n) is 12.3. The van der Waals surface area contributed by atoms with Crippen molar-refractivity contribution < 1.29 is 53.6 Å². The molecule has 6 fully saturated rings. The lowest BCUT2D eigenvalue weighted by molar-refractivity contribution is -0.362. The molecule has 0 amide bonds. The minimum atomic E-state index is -2.05. The molecule has 1 heterocycles. The maximum absolute atomic E-state index is 13.8. The van der Waals surface area contributed by atoms with Crippen LogP contribution < -0.4 is 0 Å². The number of likely N-dealkylation sites (tertiary alicyclic amines) is 1. The first kappa shape index (κ1) is 31.9. The van der Waals surface area contributed by atoms with Gasteiger partial charge in [0.25, 0.3) is 0 Å². The van der Waals surface area contributed by atoms with Crippen LogP contribution >= 0.6 is 0 Å². The highest BCUT2D eigenvalue weighted by Gasteiger charge is 2.95. The Bertz CT molecular complexity index is 1300. The number of methoxy groups -OCH3 is 5. The van der Waals surface area contributed by atoms with Gasteiger partial charge in [0.15, 0.2) is 0 Å². The van der Waals surface area contributed by atoms with Crippen molar-refractivity contribution in [2.75, 3.05) is 55.2 Å². The Hall–Kier alpha value is -1.71. The zero-order valence-electron chi connectivity index (χ0n) is 26.7. The summed E-state index contributed by atoms with van der Waals surface area (Å²) in [5, 5.41) is 50.8. The van der Waals surface area contributed by atoms with Gasteiger partial charge in [0.1, 0.15) is 23.4 Å². The standard InChI is InChI=1S/C33H47NO11/c1-7-34-14-30(15-40-2)17(35)13-18(41-3)31-24(30)23(43-5)20(26(31)34)32(44-6)25-21(45-29(38)16-11-9-8-10-12-16)19(22(42-4)28(32)37)27(36)33(25,31)39/h8-12,17-28,35-37,39H,7,13-15H2,1-6H3/t17?,18-,19-,20-,21-,22+,23-,24+,25+,26+,27-,28-,30-,31+,32-,33+/m0/s1. The van der Waals surface area contributed by atoms with Gasteiger partial charge in [0.2, 0.25) is 0 Å². The molecule has 1 saturated heterocycles. The summed E-state index contributed by atoms with van der Waals surface area (Å²) < 4.78 is 37.3. The van der Waals surface area contributed by atoms with E-state index in [0.29, 0.717) is 18.7 Å². The average molecular weight is 634 g/mol. The Morgan fingerprint density at radius 2 is 1.62 bits per heavy atom. The van der Waals surface area contributed by atoms with Crippen molar-refractivity contribution >= 4 is 5.97 Å². The summed E-state index contributed by atoms with van der Waals surface area (Å²) in [6.07, 6.45) is -7.12. The van der Waals surface area contributed by atoms with Crippen LogP contribution in [0.1, 0.15) is 23.7 Å². The molecular formula is C33H47NO11. The molecule has 0 aromatic heterocycles. The Labute approximate surface area is 263 Å². The molecule has 5 saturated carbocycles. The molecule has 1 aromatic rings. The highest BCUT2D eigenvalue weighted by Crippen LogP contribution is 2.81. The van der Waals surface area contributed by atoms with E-state index in [1.165, 1.54) is 14.2 Å². The number of piperidine rings is 1. The first-order valence-corrected chi connectivity index (χ1v) is 16.0. The third-order valence-corrected chi connectivity index (χ3v) is 13.3.